The third-order valence-electron chi connectivity index (χ3n) is 2.17. The van der Waals surface area contributed by atoms with Crippen molar-refractivity contribution in [1.82, 2.24) is 16.0 Å². The largest absolute Gasteiger partial charge is 0.366 e. The topological polar surface area (TPSA) is 94.7 Å². The van der Waals surface area contributed by atoms with Crippen molar-refractivity contribution in [3.8, 4) is 0 Å². The average molecular weight is 284 g/mol. The van der Waals surface area contributed by atoms with Crippen LogP contribution in [0.2, 0.25) is 0 Å². The van der Waals surface area contributed by atoms with Crippen LogP contribution in [0.15, 0.2) is 24.3 Å². The summed E-state index contributed by atoms with van der Waals surface area (Å²) in [4.78, 5) is 15.5. The molecule has 0 atom stereocenters. The highest BCUT2D eigenvalue weighted by Gasteiger charge is 2.01. The lowest BCUT2D eigenvalue weighted by molar-refractivity contribution is -0.253. The Labute approximate surface area is 116 Å². The van der Waals surface area contributed by atoms with Gasteiger partial charge in [-0.3, -0.25) is 5.26 Å². The quantitative estimate of drug-likeness (QED) is 0.238. The molecule has 19 heavy (non-hydrogen) atoms. The Balaban J connectivity index is 2.33. The summed E-state index contributed by atoms with van der Waals surface area (Å²) < 4.78 is 0. The zero-order chi connectivity index (χ0) is 14.1. The van der Waals surface area contributed by atoms with Gasteiger partial charge in [-0.05, 0) is 29.9 Å². The van der Waals surface area contributed by atoms with Gasteiger partial charge in [-0.25, -0.2) is 9.68 Å². The molecule has 1 aromatic rings. The molecule has 0 unspecified atom stereocenters. The number of hydrogen-bond acceptors (Lipinski definition) is 4. The van der Waals surface area contributed by atoms with Crippen LogP contribution in [0.4, 0.5) is 10.5 Å². The van der Waals surface area contributed by atoms with Gasteiger partial charge in [-0.1, -0.05) is 12.1 Å². The summed E-state index contributed by atoms with van der Waals surface area (Å²) in [6.07, 6.45) is 0. The first kappa shape index (κ1) is 15.2. The fraction of sp³-hybridized carbons (Fsp3) is 0.273. The van der Waals surface area contributed by atoms with E-state index in [1.165, 1.54) is 0 Å². The maximum atomic E-state index is 11.5. The predicted octanol–water partition coefficient (Wildman–Crippen LogP) is 0.849. The van der Waals surface area contributed by atoms with Gasteiger partial charge in [0.2, 0.25) is 0 Å². The third kappa shape index (κ3) is 6.00. The minimum atomic E-state index is -0.349. The second-order valence-electron chi connectivity index (χ2n) is 3.53. The van der Waals surface area contributed by atoms with Gasteiger partial charge in [0.1, 0.15) is 6.61 Å². The molecule has 104 valence electrons. The Morgan fingerprint density at radius 3 is 2.58 bits per heavy atom. The van der Waals surface area contributed by atoms with E-state index in [-0.39, 0.29) is 19.3 Å². The van der Waals surface area contributed by atoms with Crippen LogP contribution >= 0.6 is 12.2 Å². The summed E-state index contributed by atoms with van der Waals surface area (Å²) in [5, 5.41) is 19.5. The second-order valence-corrected chi connectivity index (χ2v) is 3.94. The van der Waals surface area contributed by atoms with Crippen LogP contribution in [0.5, 0.6) is 0 Å². The molecule has 0 heterocycles. The van der Waals surface area contributed by atoms with E-state index in [4.69, 9.17) is 17.5 Å². The summed E-state index contributed by atoms with van der Waals surface area (Å²) in [5.41, 5.74) is 1.44. The first-order chi connectivity index (χ1) is 9.15. The Hall–Kier alpha value is -1.90. The highest BCUT2D eigenvalue weighted by atomic mass is 32.1. The van der Waals surface area contributed by atoms with Crippen molar-refractivity contribution < 1.29 is 14.9 Å². The SMILES string of the molecule is CNC(=S)NCNC(=O)Nc1ccc(COO)cc1. The molecule has 0 aromatic heterocycles. The molecule has 2 amide bonds. The van der Waals surface area contributed by atoms with Gasteiger partial charge in [-0.15, -0.1) is 0 Å². The molecule has 0 fully saturated rings. The monoisotopic (exact) mass is 284 g/mol. The molecule has 1 aromatic carbocycles. The second kappa shape index (κ2) is 8.25. The van der Waals surface area contributed by atoms with Crippen LogP contribution < -0.4 is 21.3 Å². The Kier molecular flexibility index (Phi) is 6.58. The van der Waals surface area contributed by atoms with E-state index >= 15 is 0 Å². The average Bonchev–Trinajstić information content (AvgIpc) is 2.41. The van der Waals surface area contributed by atoms with Crippen molar-refractivity contribution in [2.24, 2.45) is 0 Å². The number of nitrogens with one attached hydrogen (secondary N) is 4. The molecule has 7 nitrogen and oxygen atoms in total. The number of urea groups is 1. The third-order valence-corrected chi connectivity index (χ3v) is 2.52. The van der Waals surface area contributed by atoms with Crippen LogP contribution in [-0.4, -0.2) is 30.1 Å². The van der Waals surface area contributed by atoms with Crippen LogP contribution in [-0.2, 0) is 11.5 Å². The molecular weight excluding hydrogens is 268 g/mol. The number of carbonyl (C=O) groups excluding carboxylic acids is 1. The van der Waals surface area contributed by atoms with Crippen molar-refractivity contribution in [2.45, 2.75) is 6.61 Å². The van der Waals surface area contributed by atoms with Gasteiger partial charge in [0, 0.05) is 12.7 Å². The van der Waals surface area contributed by atoms with Gasteiger partial charge < -0.3 is 21.3 Å². The van der Waals surface area contributed by atoms with Crippen LogP contribution in [0.25, 0.3) is 0 Å². The molecular formula is C11H16N4O3S. The lowest BCUT2D eigenvalue weighted by atomic mass is 10.2. The Morgan fingerprint density at radius 1 is 1.32 bits per heavy atom. The number of thiocarbonyl (C=S) groups is 1. The smallest absolute Gasteiger partial charge is 0.320 e. The minimum absolute atomic E-state index is 0.109. The number of rotatable bonds is 5. The molecule has 8 heteroatoms. The standard InChI is InChI=1S/C11H16N4O3S/c1-12-11(19)14-7-13-10(16)15-9-4-2-8(3-5-9)6-18-17/h2-5,17H,6-7H2,1H3,(H2,12,14,19)(H2,13,15,16). The number of hydrogen-bond donors (Lipinski definition) is 5. The zero-order valence-electron chi connectivity index (χ0n) is 10.4. The number of amides is 2. The van der Waals surface area contributed by atoms with E-state index in [0.29, 0.717) is 10.8 Å². The van der Waals surface area contributed by atoms with Crippen molar-refractivity contribution in [3.63, 3.8) is 0 Å². The van der Waals surface area contributed by atoms with Gasteiger partial charge in [0.25, 0.3) is 0 Å². The van der Waals surface area contributed by atoms with Gasteiger partial charge in [0.15, 0.2) is 5.11 Å². The Bertz CT molecular complexity index is 424. The molecule has 0 aliphatic carbocycles. The molecule has 0 radical (unpaired) electrons. The number of carbonyl (C=O) groups is 1. The molecule has 0 aliphatic heterocycles. The first-order valence-electron chi connectivity index (χ1n) is 5.51. The minimum Gasteiger partial charge on any atom is -0.366 e. The number of benzene rings is 1. The van der Waals surface area contributed by atoms with E-state index in [1.807, 2.05) is 0 Å². The summed E-state index contributed by atoms with van der Waals surface area (Å²) in [6.45, 7) is 0.333. The van der Waals surface area contributed by atoms with Crippen molar-refractivity contribution in [2.75, 3.05) is 19.0 Å². The fourth-order valence-corrected chi connectivity index (χ4v) is 1.30. The molecule has 0 aliphatic rings. The normalized spacial score (nSPS) is 9.58. The number of anilines is 1. The van der Waals surface area contributed by atoms with E-state index in [2.05, 4.69) is 26.2 Å². The highest BCUT2D eigenvalue weighted by molar-refractivity contribution is 7.80. The summed E-state index contributed by atoms with van der Waals surface area (Å²) in [7, 11) is 1.69. The van der Waals surface area contributed by atoms with Gasteiger partial charge in [-0.2, -0.15) is 0 Å². The van der Waals surface area contributed by atoms with Crippen LogP contribution in [0.3, 0.4) is 0 Å². The van der Waals surface area contributed by atoms with Crippen molar-refractivity contribution in [3.05, 3.63) is 29.8 Å². The van der Waals surface area contributed by atoms with Crippen LogP contribution in [0.1, 0.15) is 5.56 Å². The maximum Gasteiger partial charge on any atom is 0.320 e. The highest BCUT2D eigenvalue weighted by Crippen LogP contribution is 2.09. The molecule has 0 bridgehead atoms. The molecule has 0 saturated carbocycles. The summed E-state index contributed by atoms with van der Waals surface area (Å²) >= 11 is 4.85. The Morgan fingerprint density at radius 2 is 2.00 bits per heavy atom. The van der Waals surface area contributed by atoms with E-state index < -0.39 is 0 Å². The van der Waals surface area contributed by atoms with Crippen LogP contribution in [0, 0.1) is 0 Å². The van der Waals surface area contributed by atoms with E-state index in [1.54, 1.807) is 31.3 Å². The molecule has 0 saturated heterocycles. The van der Waals surface area contributed by atoms with Gasteiger partial charge in [0.05, 0.1) is 6.67 Å². The lowest BCUT2D eigenvalue weighted by Gasteiger charge is -2.10. The fourth-order valence-electron chi connectivity index (χ4n) is 1.23. The molecule has 0 spiro atoms. The first-order valence-corrected chi connectivity index (χ1v) is 5.92. The van der Waals surface area contributed by atoms with Crippen molar-refractivity contribution in [1.29, 1.82) is 0 Å². The summed E-state index contributed by atoms with van der Waals surface area (Å²) in [5.74, 6) is 0. The van der Waals surface area contributed by atoms with Gasteiger partial charge >= 0.3 is 6.03 Å². The summed E-state index contributed by atoms with van der Waals surface area (Å²) in [6, 6.07) is 6.54. The van der Waals surface area contributed by atoms with E-state index in [9.17, 15) is 4.79 Å². The molecule has 1 rings (SSSR count). The predicted molar refractivity (Wildman–Crippen MR) is 75.7 cm³/mol. The van der Waals surface area contributed by atoms with E-state index in [0.717, 1.165) is 5.56 Å². The van der Waals surface area contributed by atoms with Crippen molar-refractivity contribution >= 4 is 29.0 Å². The maximum absolute atomic E-state index is 11.5. The lowest BCUT2D eigenvalue weighted by Crippen LogP contribution is -2.42. The zero-order valence-corrected chi connectivity index (χ0v) is 11.2. The molecule has 5 N–H and O–H groups in total.